The Kier molecular flexibility index (Phi) is 7.76. The monoisotopic (exact) mass is 458 g/mol. The molecule has 2 heterocycles. The van der Waals surface area contributed by atoms with E-state index in [0.717, 1.165) is 36.3 Å². The number of rotatable bonds is 7. The van der Waals surface area contributed by atoms with Gasteiger partial charge in [0.25, 0.3) is 5.56 Å². The Morgan fingerprint density at radius 3 is 2.41 bits per heavy atom. The summed E-state index contributed by atoms with van der Waals surface area (Å²) in [5.74, 6) is 5.71. The number of likely N-dealkylation sites (N-methyl/N-ethyl adjacent to an activating group) is 1. The van der Waals surface area contributed by atoms with Gasteiger partial charge in [0.1, 0.15) is 0 Å². The van der Waals surface area contributed by atoms with Gasteiger partial charge in [-0.25, -0.2) is 4.98 Å². The van der Waals surface area contributed by atoms with E-state index < -0.39 is 11.3 Å². The van der Waals surface area contributed by atoms with Gasteiger partial charge in [-0.15, -0.1) is 0 Å². The van der Waals surface area contributed by atoms with Gasteiger partial charge in [-0.1, -0.05) is 36.1 Å². The van der Waals surface area contributed by atoms with Crippen LogP contribution >= 0.6 is 0 Å². The maximum absolute atomic E-state index is 11.6. The third-order valence-corrected chi connectivity index (χ3v) is 6.34. The summed E-state index contributed by atoms with van der Waals surface area (Å²) in [6.45, 7) is 2.96. The third-order valence-electron chi connectivity index (χ3n) is 6.34. The maximum Gasteiger partial charge on any atom is 0.293 e. The molecule has 2 aromatic carbocycles. The molecule has 2 atom stereocenters. The van der Waals surface area contributed by atoms with Gasteiger partial charge in [0.2, 0.25) is 5.75 Å². The van der Waals surface area contributed by atoms with E-state index in [9.17, 15) is 15.0 Å². The standard InChI is InChI=1S/C27H30N4O3/c1-31(24-12-13-28-15-24)16-21-6-4-19(5-7-21)2-3-20-8-10-22(11-9-20)23(17-32)14-25-26(33)27(34)30-18-29-25/h4-11,18,23-24,28,32-33H,12-17H2,1H3,(H,29,30,34). The van der Waals surface area contributed by atoms with Crippen LogP contribution in [-0.4, -0.2) is 57.9 Å². The van der Waals surface area contributed by atoms with Gasteiger partial charge >= 0.3 is 0 Å². The van der Waals surface area contributed by atoms with Crippen molar-refractivity contribution in [3.8, 4) is 17.6 Å². The molecule has 0 spiro atoms. The number of nitrogens with zero attached hydrogens (tertiary/aromatic N) is 2. The third kappa shape index (κ3) is 5.91. The maximum atomic E-state index is 11.6. The van der Waals surface area contributed by atoms with E-state index in [1.165, 1.54) is 18.3 Å². The molecule has 4 N–H and O–H groups in total. The molecule has 0 bridgehead atoms. The van der Waals surface area contributed by atoms with Crippen molar-refractivity contribution in [3.63, 3.8) is 0 Å². The average Bonchev–Trinajstić information content (AvgIpc) is 3.40. The summed E-state index contributed by atoms with van der Waals surface area (Å²) in [6, 6.07) is 16.6. The Morgan fingerprint density at radius 1 is 1.12 bits per heavy atom. The molecule has 1 aliphatic rings. The van der Waals surface area contributed by atoms with Crippen molar-refractivity contribution in [2.45, 2.75) is 31.3 Å². The van der Waals surface area contributed by atoms with E-state index in [4.69, 9.17) is 0 Å². The first-order valence-electron chi connectivity index (χ1n) is 11.5. The molecule has 7 nitrogen and oxygen atoms in total. The number of aliphatic hydroxyl groups excluding tert-OH is 1. The summed E-state index contributed by atoms with van der Waals surface area (Å²) < 4.78 is 0. The smallest absolute Gasteiger partial charge is 0.293 e. The van der Waals surface area contributed by atoms with Crippen LogP contribution in [-0.2, 0) is 13.0 Å². The van der Waals surface area contributed by atoms with E-state index in [2.05, 4.69) is 63.3 Å². The number of nitrogens with one attached hydrogen (secondary N) is 2. The Balaban J connectivity index is 1.38. The normalized spacial score (nSPS) is 16.3. The van der Waals surface area contributed by atoms with Crippen molar-refractivity contribution in [2.75, 3.05) is 26.7 Å². The second kappa shape index (κ2) is 11.1. The summed E-state index contributed by atoms with van der Waals surface area (Å²) in [7, 11) is 2.18. The number of aromatic hydroxyl groups is 1. The predicted molar refractivity (Wildman–Crippen MR) is 132 cm³/mol. The lowest BCUT2D eigenvalue weighted by Gasteiger charge is -2.23. The van der Waals surface area contributed by atoms with Crippen molar-refractivity contribution in [1.29, 1.82) is 0 Å². The minimum absolute atomic E-state index is 0.127. The molecule has 1 aromatic heterocycles. The second-order valence-corrected chi connectivity index (χ2v) is 8.74. The minimum Gasteiger partial charge on any atom is -0.502 e. The quantitative estimate of drug-likeness (QED) is 0.404. The van der Waals surface area contributed by atoms with Gasteiger partial charge in [0.05, 0.1) is 18.6 Å². The molecular formula is C27H30N4O3. The molecular weight excluding hydrogens is 428 g/mol. The highest BCUT2D eigenvalue weighted by atomic mass is 16.3. The Labute approximate surface area is 199 Å². The SMILES string of the molecule is CN(Cc1ccc(C#Cc2ccc(C(CO)Cc3nc[nH]c(=O)c3O)cc2)cc1)C1CCNC1. The number of aromatic amines is 1. The number of aromatic nitrogens is 2. The molecule has 7 heteroatoms. The first kappa shape index (κ1) is 23.7. The Bertz CT molecular complexity index is 1200. The molecule has 0 saturated carbocycles. The van der Waals surface area contributed by atoms with E-state index in [0.29, 0.717) is 6.04 Å². The van der Waals surface area contributed by atoms with Gasteiger partial charge in [0, 0.05) is 42.6 Å². The van der Waals surface area contributed by atoms with Crippen LogP contribution in [0.3, 0.4) is 0 Å². The molecule has 1 aliphatic heterocycles. The number of hydrogen-bond donors (Lipinski definition) is 4. The molecule has 1 saturated heterocycles. The fourth-order valence-corrected chi connectivity index (χ4v) is 4.21. The predicted octanol–water partition coefficient (Wildman–Crippen LogP) is 1.99. The number of H-pyrrole nitrogens is 1. The molecule has 34 heavy (non-hydrogen) atoms. The summed E-state index contributed by atoms with van der Waals surface area (Å²) in [4.78, 5) is 20.3. The zero-order valence-corrected chi connectivity index (χ0v) is 19.3. The van der Waals surface area contributed by atoms with Gasteiger partial charge in [-0.05, 0) is 55.4 Å². The van der Waals surface area contributed by atoms with Gasteiger partial charge in [0.15, 0.2) is 0 Å². The van der Waals surface area contributed by atoms with Crippen LogP contribution in [0.15, 0.2) is 59.7 Å². The van der Waals surface area contributed by atoms with Gasteiger partial charge in [-0.2, -0.15) is 0 Å². The van der Waals surface area contributed by atoms with Crippen LogP contribution < -0.4 is 10.9 Å². The number of aliphatic hydroxyl groups is 1. The number of benzene rings is 2. The van der Waals surface area contributed by atoms with E-state index in [1.807, 2.05) is 24.3 Å². The summed E-state index contributed by atoms with van der Waals surface area (Å²) in [5.41, 5.74) is 3.68. The molecule has 176 valence electrons. The van der Waals surface area contributed by atoms with Crippen LogP contribution in [0.1, 0.15) is 40.3 Å². The molecule has 0 aliphatic carbocycles. The molecule has 3 aromatic rings. The highest BCUT2D eigenvalue weighted by molar-refractivity contribution is 5.44. The second-order valence-electron chi connectivity index (χ2n) is 8.74. The summed E-state index contributed by atoms with van der Waals surface area (Å²) in [6.07, 6.45) is 2.71. The molecule has 1 fully saturated rings. The molecule has 0 radical (unpaired) electrons. The van der Waals surface area contributed by atoms with Crippen molar-refractivity contribution in [2.24, 2.45) is 0 Å². The van der Waals surface area contributed by atoms with Crippen molar-refractivity contribution in [3.05, 3.63) is 93.2 Å². The van der Waals surface area contributed by atoms with Crippen LogP contribution in [0.4, 0.5) is 0 Å². The van der Waals surface area contributed by atoms with E-state index >= 15 is 0 Å². The lowest BCUT2D eigenvalue weighted by Crippen LogP contribution is -2.32. The fraction of sp³-hybridized carbons (Fsp3) is 0.333. The van der Waals surface area contributed by atoms with Crippen LogP contribution in [0.2, 0.25) is 0 Å². The lowest BCUT2D eigenvalue weighted by atomic mass is 9.94. The largest absolute Gasteiger partial charge is 0.502 e. The lowest BCUT2D eigenvalue weighted by molar-refractivity contribution is 0.249. The van der Waals surface area contributed by atoms with Crippen molar-refractivity contribution in [1.82, 2.24) is 20.2 Å². The molecule has 2 unspecified atom stereocenters. The Morgan fingerprint density at radius 2 is 1.79 bits per heavy atom. The van der Waals surface area contributed by atoms with Crippen LogP contribution in [0.5, 0.6) is 5.75 Å². The van der Waals surface area contributed by atoms with Gasteiger partial charge < -0.3 is 20.5 Å². The fourth-order valence-electron chi connectivity index (χ4n) is 4.21. The Hall–Kier alpha value is -3.44. The first-order chi connectivity index (χ1) is 16.5. The van der Waals surface area contributed by atoms with Crippen molar-refractivity contribution < 1.29 is 10.2 Å². The summed E-state index contributed by atoms with van der Waals surface area (Å²) >= 11 is 0. The zero-order chi connectivity index (χ0) is 23.9. The highest BCUT2D eigenvalue weighted by Crippen LogP contribution is 2.22. The summed E-state index contributed by atoms with van der Waals surface area (Å²) in [5, 5.41) is 23.2. The molecule has 4 rings (SSSR count). The van der Waals surface area contributed by atoms with E-state index in [-0.39, 0.29) is 24.6 Å². The van der Waals surface area contributed by atoms with Crippen LogP contribution in [0, 0.1) is 11.8 Å². The van der Waals surface area contributed by atoms with Crippen molar-refractivity contribution >= 4 is 0 Å². The molecule has 0 amide bonds. The highest BCUT2D eigenvalue weighted by Gasteiger charge is 2.19. The van der Waals surface area contributed by atoms with Crippen LogP contribution in [0.25, 0.3) is 0 Å². The van der Waals surface area contributed by atoms with Gasteiger partial charge in [-0.3, -0.25) is 9.69 Å². The average molecular weight is 459 g/mol. The van der Waals surface area contributed by atoms with E-state index in [1.54, 1.807) is 0 Å². The minimum atomic E-state index is -0.585. The topological polar surface area (TPSA) is 101 Å². The first-order valence-corrected chi connectivity index (χ1v) is 11.5. The number of hydrogen-bond acceptors (Lipinski definition) is 6. The zero-order valence-electron chi connectivity index (χ0n) is 19.3.